The van der Waals surface area contributed by atoms with Gasteiger partial charge in [-0.25, -0.2) is 4.39 Å². The predicted molar refractivity (Wildman–Crippen MR) is 167 cm³/mol. The van der Waals surface area contributed by atoms with Gasteiger partial charge >= 0.3 is 0 Å². The summed E-state index contributed by atoms with van der Waals surface area (Å²) in [5.41, 5.74) is 2.48. The van der Waals surface area contributed by atoms with Crippen molar-refractivity contribution in [3.05, 3.63) is 65.0 Å². The van der Waals surface area contributed by atoms with Crippen LogP contribution in [0.3, 0.4) is 0 Å². The first-order valence-electron chi connectivity index (χ1n) is 15.7. The lowest BCUT2D eigenvalue weighted by Gasteiger charge is -2.30. The van der Waals surface area contributed by atoms with Crippen molar-refractivity contribution >= 4 is 11.8 Å². The average molecular weight is 600 g/mol. The van der Waals surface area contributed by atoms with Gasteiger partial charge in [0.05, 0.1) is 17.9 Å². The van der Waals surface area contributed by atoms with Gasteiger partial charge < -0.3 is 25.4 Å². The number of amides is 2. The third kappa shape index (κ3) is 7.26. The standard InChI is InChI=1S/C36H42FN3O4/c1-4-8-30-32-33(30)35(43)40(16-5-2)17-13-26(12-11-25-19-28(37)21-29(20-25)44-23-38-34(32)42)31(41)22-39-36(14-15-36)27-10-7-9-24(6-3)18-27/h1,3,7,9-10,18-21,26,30-33,39,41H,5,8,11-17,22-23H2,2H3,(H,38,42). The summed E-state index contributed by atoms with van der Waals surface area (Å²) in [5, 5.41) is 17.9. The molecule has 5 atom stereocenters. The number of aryl methyl sites for hydroxylation is 1. The summed E-state index contributed by atoms with van der Waals surface area (Å²) in [7, 11) is 0. The maximum Gasteiger partial charge on any atom is 0.226 e. The van der Waals surface area contributed by atoms with E-state index in [2.05, 4.69) is 28.5 Å². The second-order valence-corrected chi connectivity index (χ2v) is 12.4. The number of nitrogens with one attached hydrogen (secondary N) is 2. The van der Waals surface area contributed by atoms with Crippen molar-refractivity contribution in [3.8, 4) is 30.4 Å². The molecule has 232 valence electrons. The molecule has 2 fully saturated rings. The van der Waals surface area contributed by atoms with Crippen molar-refractivity contribution in [3.63, 3.8) is 0 Å². The number of benzene rings is 2. The van der Waals surface area contributed by atoms with Gasteiger partial charge in [0, 0.05) is 43.2 Å². The summed E-state index contributed by atoms with van der Waals surface area (Å²) in [6.45, 7) is 3.26. The number of fused-ring (bicyclic) bond motifs is 3. The highest BCUT2D eigenvalue weighted by Crippen LogP contribution is 2.50. The van der Waals surface area contributed by atoms with Crippen molar-refractivity contribution in [2.24, 2.45) is 23.7 Å². The number of terminal acetylenes is 2. The Kier molecular flexibility index (Phi) is 9.93. The molecule has 5 unspecified atom stereocenters. The fourth-order valence-corrected chi connectivity index (χ4v) is 6.70. The lowest BCUT2D eigenvalue weighted by atomic mass is 9.90. The molecule has 8 heteroatoms. The molecule has 2 aliphatic carbocycles. The first kappa shape index (κ1) is 31.6. The van der Waals surface area contributed by atoms with E-state index in [0.717, 1.165) is 36.0 Å². The fraction of sp³-hybridized carbons (Fsp3) is 0.500. The molecule has 7 nitrogen and oxygen atoms in total. The van der Waals surface area contributed by atoms with Gasteiger partial charge in [-0.1, -0.05) is 25.0 Å². The van der Waals surface area contributed by atoms with E-state index in [-0.39, 0.29) is 35.9 Å². The van der Waals surface area contributed by atoms with Crippen LogP contribution in [0.4, 0.5) is 4.39 Å². The molecule has 0 radical (unpaired) electrons. The first-order chi connectivity index (χ1) is 21.3. The number of hydrogen-bond acceptors (Lipinski definition) is 5. The minimum Gasteiger partial charge on any atom is -0.473 e. The Morgan fingerprint density at radius 2 is 2.00 bits per heavy atom. The number of nitrogens with zero attached hydrogens (tertiary/aromatic N) is 1. The van der Waals surface area contributed by atoms with Gasteiger partial charge in [0.1, 0.15) is 11.6 Å². The lowest BCUT2D eigenvalue weighted by molar-refractivity contribution is -0.135. The largest absolute Gasteiger partial charge is 0.473 e. The molecule has 44 heavy (non-hydrogen) atoms. The zero-order chi connectivity index (χ0) is 31.3. The number of ether oxygens (including phenoxy) is 1. The fourth-order valence-electron chi connectivity index (χ4n) is 6.70. The molecule has 2 bridgehead atoms. The van der Waals surface area contributed by atoms with Crippen LogP contribution < -0.4 is 15.4 Å². The molecule has 1 aliphatic heterocycles. The highest BCUT2D eigenvalue weighted by atomic mass is 19.1. The Morgan fingerprint density at radius 1 is 1.18 bits per heavy atom. The highest BCUT2D eigenvalue weighted by molar-refractivity contribution is 5.93. The normalized spacial score (nSPS) is 25.4. The van der Waals surface area contributed by atoms with Gasteiger partial charge in [0.25, 0.3) is 0 Å². The van der Waals surface area contributed by atoms with E-state index < -0.39 is 23.8 Å². The Morgan fingerprint density at radius 3 is 2.73 bits per heavy atom. The third-order valence-electron chi connectivity index (χ3n) is 9.43. The summed E-state index contributed by atoms with van der Waals surface area (Å²) in [5.74, 6) is 3.46. The van der Waals surface area contributed by atoms with Crippen molar-refractivity contribution in [2.75, 3.05) is 26.4 Å². The number of aliphatic hydroxyl groups excluding tert-OH is 1. The first-order valence-corrected chi connectivity index (χ1v) is 15.7. The van der Waals surface area contributed by atoms with E-state index in [9.17, 15) is 19.1 Å². The summed E-state index contributed by atoms with van der Waals surface area (Å²) in [4.78, 5) is 28.6. The van der Waals surface area contributed by atoms with Gasteiger partial charge in [0.2, 0.25) is 11.8 Å². The maximum absolute atomic E-state index is 14.5. The molecular weight excluding hydrogens is 557 g/mol. The van der Waals surface area contributed by atoms with E-state index in [0.29, 0.717) is 51.1 Å². The Labute approximate surface area is 259 Å². The molecule has 5 rings (SSSR count). The van der Waals surface area contributed by atoms with Crippen LogP contribution in [0.1, 0.15) is 62.1 Å². The zero-order valence-electron chi connectivity index (χ0n) is 25.4. The quantitative estimate of drug-likeness (QED) is 0.400. The molecule has 2 saturated carbocycles. The predicted octanol–water partition coefficient (Wildman–Crippen LogP) is 3.98. The minimum absolute atomic E-state index is 0.0655. The average Bonchev–Trinajstić information content (AvgIpc) is 3.94. The van der Waals surface area contributed by atoms with Crippen molar-refractivity contribution < 1.29 is 23.8 Å². The lowest BCUT2D eigenvalue weighted by Crippen LogP contribution is -2.41. The van der Waals surface area contributed by atoms with Gasteiger partial charge in [-0.05, 0) is 85.8 Å². The molecule has 2 aromatic rings. The van der Waals surface area contributed by atoms with Crippen LogP contribution >= 0.6 is 0 Å². The topological polar surface area (TPSA) is 90.9 Å². The SMILES string of the molecule is C#CCC1C2C(=O)NCOc3cc(F)cc(c3)CCC(C(O)CNC3(c4cccc(C#C)c4)CC3)CCN(CCC)C(=O)C12. The summed E-state index contributed by atoms with van der Waals surface area (Å²) < 4.78 is 20.2. The van der Waals surface area contributed by atoms with E-state index in [1.165, 1.54) is 12.1 Å². The molecule has 2 aromatic carbocycles. The maximum atomic E-state index is 14.5. The van der Waals surface area contributed by atoms with Crippen LogP contribution in [0.25, 0.3) is 0 Å². The molecule has 1 heterocycles. The van der Waals surface area contributed by atoms with Crippen molar-refractivity contribution in [2.45, 2.75) is 63.5 Å². The zero-order valence-corrected chi connectivity index (χ0v) is 25.4. The number of carbonyl (C=O) groups excluding carboxylic acids is 2. The van der Waals surface area contributed by atoms with E-state index >= 15 is 0 Å². The van der Waals surface area contributed by atoms with Gasteiger partial charge in [0.15, 0.2) is 6.73 Å². The summed E-state index contributed by atoms with van der Waals surface area (Å²) >= 11 is 0. The number of hydrogen-bond donors (Lipinski definition) is 3. The van der Waals surface area contributed by atoms with Crippen LogP contribution in [0.2, 0.25) is 0 Å². The molecule has 0 spiro atoms. The minimum atomic E-state index is -0.696. The highest BCUT2D eigenvalue weighted by Gasteiger charge is 2.59. The molecular formula is C36H42FN3O4. The van der Waals surface area contributed by atoms with Crippen LogP contribution in [0.15, 0.2) is 42.5 Å². The molecule has 0 saturated heterocycles. The number of carbonyl (C=O) groups is 2. The second kappa shape index (κ2) is 13.8. The number of aliphatic hydroxyl groups is 1. The van der Waals surface area contributed by atoms with Crippen LogP contribution in [0, 0.1) is 54.2 Å². The van der Waals surface area contributed by atoms with E-state index in [1.807, 2.05) is 30.0 Å². The molecule has 2 amide bonds. The van der Waals surface area contributed by atoms with Gasteiger partial charge in [-0.2, -0.15) is 0 Å². The summed E-state index contributed by atoms with van der Waals surface area (Å²) in [6, 6.07) is 12.5. The second-order valence-electron chi connectivity index (χ2n) is 12.4. The Balaban J connectivity index is 1.35. The van der Waals surface area contributed by atoms with Crippen molar-refractivity contribution in [1.29, 1.82) is 0 Å². The molecule has 0 aromatic heterocycles. The number of rotatable bonds is 8. The Hall–Kier alpha value is -3.85. The third-order valence-corrected chi connectivity index (χ3v) is 9.43. The molecule has 3 N–H and O–H groups in total. The Bertz CT molecular complexity index is 1440. The summed E-state index contributed by atoms with van der Waals surface area (Å²) in [6.07, 6.45) is 15.2. The number of halogens is 1. The van der Waals surface area contributed by atoms with Gasteiger partial charge in [-0.3, -0.25) is 9.59 Å². The van der Waals surface area contributed by atoms with E-state index in [4.69, 9.17) is 17.6 Å². The van der Waals surface area contributed by atoms with Crippen LogP contribution in [0.5, 0.6) is 5.75 Å². The van der Waals surface area contributed by atoms with Crippen molar-refractivity contribution in [1.82, 2.24) is 15.5 Å². The van der Waals surface area contributed by atoms with Gasteiger partial charge in [-0.15, -0.1) is 18.8 Å². The van der Waals surface area contributed by atoms with Crippen LogP contribution in [-0.4, -0.2) is 54.3 Å². The van der Waals surface area contributed by atoms with Crippen LogP contribution in [-0.2, 0) is 21.5 Å². The van der Waals surface area contributed by atoms with E-state index in [1.54, 1.807) is 6.07 Å². The smallest absolute Gasteiger partial charge is 0.226 e. The molecule has 3 aliphatic rings. The monoisotopic (exact) mass is 599 g/mol.